The van der Waals surface area contributed by atoms with Gasteiger partial charge in [-0.2, -0.15) is 0 Å². The Balaban J connectivity index is 1.81. The minimum Gasteiger partial charge on any atom is -0.456 e. The van der Waals surface area contributed by atoms with E-state index in [1.54, 1.807) is 0 Å². The lowest BCUT2D eigenvalue weighted by molar-refractivity contribution is -0.387. The fourth-order valence-electron chi connectivity index (χ4n) is 6.22. The van der Waals surface area contributed by atoms with Crippen molar-refractivity contribution in [3.05, 3.63) is 35.9 Å². The lowest BCUT2D eigenvalue weighted by Gasteiger charge is -2.46. The van der Waals surface area contributed by atoms with Crippen LogP contribution in [0.25, 0.3) is 0 Å². The molecular formula is C37H52O19. The zero-order valence-electron chi connectivity index (χ0n) is 32.2. The summed E-state index contributed by atoms with van der Waals surface area (Å²) in [6.07, 6.45) is -11.5. The fourth-order valence-corrected chi connectivity index (χ4v) is 6.22. The van der Waals surface area contributed by atoms with Crippen molar-refractivity contribution in [2.45, 2.75) is 96.0 Å². The molecule has 3 heterocycles. The first-order valence-corrected chi connectivity index (χ1v) is 18.3. The van der Waals surface area contributed by atoms with Gasteiger partial charge >= 0.3 is 29.8 Å². The summed E-state index contributed by atoms with van der Waals surface area (Å²) < 4.78 is 82.5. The van der Waals surface area contributed by atoms with Gasteiger partial charge in [0.05, 0.1) is 72.7 Å². The van der Waals surface area contributed by atoms with Crippen LogP contribution in [-0.4, -0.2) is 157 Å². The number of hydrogen-bond acceptors (Lipinski definition) is 19. The Bertz CT molecular complexity index is 1410. The van der Waals surface area contributed by atoms with Crippen molar-refractivity contribution in [2.24, 2.45) is 0 Å². The maximum absolute atomic E-state index is 12.7. The largest absolute Gasteiger partial charge is 0.456 e. The van der Waals surface area contributed by atoms with E-state index in [1.807, 2.05) is 30.3 Å². The van der Waals surface area contributed by atoms with Crippen LogP contribution in [0, 0.1) is 0 Å². The Morgan fingerprint density at radius 3 is 1.55 bits per heavy atom. The van der Waals surface area contributed by atoms with Crippen LogP contribution in [0.15, 0.2) is 30.3 Å². The average Bonchev–Trinajstić information content (AvgIpc) is 3.38. The van der Waals surface area contributed by atoms with Gasteiger partial charge in [0.15, 0.2) is 30.5 Å². The summed E-state index contributed by atoms with van der Waals surface area (Å²) in [4.78, 5) is 62.9. The van der Waals surface area contributed by atoms with Crippen molar-refractivity contribution in [1.82, 2.24) is 0 Å². The molecule has 3 aliphatic heterocycles. The SMILES string of the molecule is CC(=O)O[C@@H]1[C@@H](OC(C)=O)[C@@H]2O[C@H](COCCOCCOCCOCCOC[C@H]3O[C@@](COCc4ccccc4)(O2)[C@@H](OC(C)=O)[C@@H]3OC(C)=O)[C@H]1OC(C)=O. The van der Waals surface area contributed by atoms with Crippen LogP contribution in [0.3, 0.4) is 0 Å². The van der Waals surface area contributed by atoms with E-state index in [0.717, 1.165) is 40.2 Å². The van der Waals surface area contributed by atoms with Crippen molar-refractivity contribution in [3.8, 4) is 0 Å². The molecule has 0 spiro atoms. The van der Waals surface area contributed by atoms with Gasteiger partial charge in [-0.05, 0) is 5.56 Å². The van der Waals surface area contributed by atoms with Crippen LogP contribution in [0.2, 0.25) is 0 Å². The number of fused-ring (bicyclic) bond motifs is 4. The van der Waals surface area contributed by atoms with Gasteiger partial charge in [0.25, 0.3) is 0 Å². The molecule has 3 aliphatic rings. The zero-order valence-corrected chi connectivity index (χ0v) is 32.2. The highest BCUT2D eigenvalue weighted by atomic mass is 16.8. The zero-order chi connectivity index (χ0) is 40.5. The molecule has 9 atom stereocenters. The molecule has 1 aromatic carbocycles. The smallest absolute Gasteiger partial charge is 0.303 e. The summed E-state index contributed by atoms with van der Waals surface area (Å²) in [5.74, 6) is -6.16. The number of esters is 5. The maximum atomic E-state index is 12.7. The maximum Gasteiger partial charge on any atom is 0.303 e. The van der Waals surface area contributed by atoms with Crippen LogP contribution in [0.1, 0.15) is 40.2 Å². The summed E-state index contributed by atoms with van der Waals surface area (Å²) in [7, 11) is 0. The lowest BCUT2D eigenvalue weighted by Crippen LogP contribution is -2.65. The topological polar surface area (TPSA) is 215 Å². The van der Waals surface area contributed by atoms with Crippen LogP contribution in [-0.2, 0) is 96.9 Å². The van der Waals surface area contributed by atoms with Gasteiger partial charge < -0.3 is 66.3 Å². The molecule has 0 saturated carbocycles. The Labute approximate surface area is 324 Å². The third-order valence-electron chi connectivity index (χ3n) is 8.32. The van der Waals surface area contributed by atoms with E-state index in [9.17, 15) is 24.0 Å². The van der Waals surface area contributed by atoms with Gasteiger partial charge in [0, 0.05) is 34.6 Å². The quantitative estimate of drug-likeness (QED) is 0.249. The predicted octanol–water partition coefficient (Wildman–Crippen LogP) is 0.795. The highest BCUT2D eigenvalue weighted by Gasteiger charge is 2.64. The van der Waals surface area contributed by atoms with Gasteiger partial charge in [-0.25, -0.2) is 0 Å². The van der Waals surface area contributed by atoms with E-state index >= 15 is 0 Å². The molecule has 0 amide bonds. The number of carbonyl (C=O) groups excluding carboxylic acids is 5. The van der Waals surface area contributed by atoms with E-state index in [4.69, 9.17) is 66.3 Å². The summed E-state index contributed by atoms with van der Waals surface area (Å²) in [5.41, 5.74) is 0.762. The minimum atomic E-state index is -2.18. The van der Waals surface area contributed by atoms with E-state index in [2.05, 4.69) is 0 Å². The van der Waals surface area contributed by atoms with Gasteiger partial charge in [-0.15, -0.1) is 0 Å². The average molecular weight is 801 g/mol. The molecule has 4 rings (SSSR count). The molecule has 1 aromatic rings. The summed E-state index contributed by atoms with van der Waals surface area (Å²) in [6.45, 7) is 6.37. The van der Waals surface area contributed by atoms with E-state index < -0.39 is 91.3 Å². The predicted molar refractivity (Wildman–Crippen MR) is 185 cm³/mol. The first-order valence-electron chi connectivity index (χ1n) is 18.3. The number of rotatable bonds is 9. The molecule has 0 N–H and O–H groups in total. The first-order chi connectivity index (χ1) is 26.9. The molecule has 3 saturated heterocycles. The molecule has 19 nitrogen and oxygen atoms in total. The summed E-state index contributed by atoms with van der Waals surface area (Å²) >= 11 is 0. The van der Waals surface area contributed by atoms with Crippen LogP contribution in [0.5, 0.6) is 0 Å². The molecule has 0 unspecified atom stereocenters. The summed E-state index contributed by atoms with van der Waals surface area (Å²) in [5, 5.41) is 0. The standard InChI is InChI=1S/C37H52O19/c1-23(38)49-31-29-20-46-17-15-44-13-11-43-12-14-45-16-18-47-21-30-32(50-24(2)39)35(53-27(5)42)37(55-30,22-48-19-28-9-7-6-8-10-28)56-36(54-29)34(52-26(4)41)33(31)51-25(3)40/h6-10,29-36H,11-22H2,1-5H3/t29-,30-,31-,32-,33+,34-,35+,36-,37+/m1/s1. The Morgan fingerprint density at radius 2 is 1.02 bits per heavy atom. The Morgan fingerprint density at radius 1 is 0.554 bits per heavy atom. The van der Waals surface area contributed by atoms with Crippen molar-refractivity contribution in [2.75, 3.05) is 72.7 Å². The lowest BCUT2D eigenvalue weighted by atomic mass is 9.97. The second-order valence-corrected chi connectivity index (χ2v) is 12.9. The fraction of sp³-hybridized carbons (Fsp3) is 0.703. The van der Waals surface area contributed by atoms with Crippen molar-refractivity contribution in [1.29, 1.82) is 0 Å². The second kappa shape index (κ2) is 22.8. The Hall–Kier alpha value is -3.79. The van der Waals surface area contributed by atoms with E-state index in [-0.39, 0.29) is 59.5 Å². The van der Waals surface area contributed by atoms with Gasteiger partial charge in [-0.1, -0.05) is 30.3 Å². The first kappa shape index (κ1) is 44.9. The second-order valence-electron chi connectivity index (χ2n) is 12.9. The molecule has 19 heteroatoms. The van der Waals surface area contributed by atoms with Gasteiger partial charge in [0.2, 0.25) is 12.1 Å². The van der Waals surface area contributed by atoms with Crippen molar-refractivity contribution < 1.29 is 90.3 Å². The van der Waals surface area contributed by atoms with Crippen LogP contribution < -0.4 is 0 Å². The highest BCUT2D eigenvalue weighted by molar-refractivity contribution is 5.69. The van der Waals surface area contributed by atoms with Crippen LogP contribution in [0.4, 0.5) is 0 Å². The minimum absolute atomic E-state index is 0.0184. The molecule has 0 aliphatic carbocycles. The number of benzene rings is 1. The molecular weight excluding hydrogens is 748 g/mol. The van der Waals surface area contributed by atoms with Crippen molar-refractivity contribution >= 4 is 29.8 Å². The normalized spacial score (nSPS) is 31.0. The number of hydrogen-bond donors (Lipinski definition) is 0. The molecule has 3 fully saturated rings. The Kier molecular flexibility index (Phi) is 18.3. The molecule has 0 radical (unpaired) electrons. The van der Waals surface area contributed by atoms with E-state index in [0.29, 0.717) is 13.2 Å². The third-order valence-corrected chi connectivity index (χ3v) is 8.32. The molecule has 0 aromatic heterocycles. The van der Waals surface area contributed by atoms with Crippen molar-refractivity contribution in [3.63, 3.8) is 0 Å². The van der Waals surface area contributed by atoms with Crippen LogP contribution >= 0.6 is 0 Å². The third kappa shape index (κ3) is 14.0. The van der Waals surface area contributed by atoms with E-state index in [1.165, 1.54) is 0 Å². The monoisotopic (exact) mass is 800 g/mol. The molecule has 56 heavy (non-hydrogen) atoms. The molecule has 4 bridgehead atoms. The number of ether oxygens (including phenoxy) is 14. The van der Waals surface area contributed by atoms with Gasteiger partial charge in [0.1, 0.15) is 18.8 Å². The van der Waals surface area contributed by atoms with Gasteiger partial charge in [-0.3, -0.25) is 24.0 Å². The number of carbonyl (C=O) groups is 5. The highest BCUT2D eigenvalue weighted by Crippen LogP contribution is 2.41. The molecule has 314 valence electrons. The summed E-state index contributed by atoms with van der Waals surface area (Å²) in [6, 6.07) is 9.09.